The number of esters is 1. The summed E-state index contributed by atoms with van der Waals surface area (Å²) in [7, 11) is 5.33. The molecule has 2 aromatic rings. The molecule has 0 aliphatic carbocycles. The molecule has 4 aliphatic heterocycles. The fourth-order valence-electron chi connectivity index (χ4n) is 10.8. The molecular formula is C61H81ClF3N9O18. The number of anilines is 2. The molecular weight excluding hydrogens is 1240 g/mol. The summed E-state index contributed by atoms with van der Waals surface area (Å²) in [5, 5.41) is 34.2. The maximum Gasteiger partial charge on any atom is 0.418 e. The molecule has 27 nitrogen and oxygen atoms in total. The first-order chi connectivity index (χ1) is 43.1. The summed E-state index contributed by atoms with van der Waals surface area (Å²) in [5.41, 5.74) is 0.655. The fraction of sp³-hybridized carbons (Fsp3) is 0.574. The van der Waals surface area contributed by atoms with E-state index in [1.54, 1.807) is 58.1 Å². The SMILES string of the molecule is COc1cc2cc(c1Cl)N(C)C(=O)C[C@H](OC(=O)[C@H](C)N(C)C(=O)c1ccc(NC(=O)[C@H](CCCNC(N)O)NC(=O)[C@@H](NC(=O)CCCCC(=O)ON3C(=O)CCC3=O)C(C)C)c(C(F)(F)F)c1)[C@]1(C)O[C@H]1[C@H](C)[C@@H]1C[C@@](O)(NC(=O)O1)[C@H](OC)/C=C/C=C(\C)C2. The second-order valence-electron chi connectivity index (χ2n) is 23.7. The monoisotopic (exact) mass is 1320 g/mol. The first-order valence-corrected chi connectivity index (χ1v) is 30.2. The van der Waals surface area contributed by atoms with E-state index in [1.165, 1.54) is 33.1 Å². The first-order valence-electron chi connectivity index (χ1n) is 29.8. The number of nitrogens with zero attached hydrogens (tertiary/aromatic N) is 3. The van der Waals surface area contributed by atoms with Crippen LogP contribution in [-0.4, -0.2) is 175 Å². The number of carbonyl (C=O) groups is 10. The maximum atomic E-state index is 15.1. The Hall–Kier alpha value is -7.74. The Labute approximate surface area is 534 Å². The minimum Gasteiger partial charge on any atom is -0.495 e. The van der Waals surface area contributed by atoms with Gasteiger partial charge in [-0.2, -0.15) is 13.2 Å². The van der Waals surface area contributed by atoms with Gasteiger partial charge in [0.1, 0.15) is 52.8 Å². The van der Waals surface area contributed by atoms with E-state index in [9.17, 15) is 58.2 Å². The zero-order chi connectivity index (χ0) is 68.3. The van der Waals surface area contributed by atoms with Crippen molar-refractivity contribution in [3.63, 3.8) is 0 Å². The van der Waals surface area contributed by atoms with Crippen LogP contribution in [0.1, 0.15) is 127 Å². The van der Waals surface area contributed by atoms with Gasteiger partial charge >= 0.3 is 24.2 Å². The number of aliphatic hydroxyl groups is 2. The Balaban J connectivity index is 1.20. The molecule has 4 aliphatic rings. The number of rotatable bonds is 23. The molecule has 4 bridgehead atoms. The molecule has 506 valence electrons. The number of epoxide rings is 1. The van der Waals surface area contributed by atoms with Crippen molar-refractivity contribution in [1.82, 2.24) is 31.2 Å². The predicted molar refractivity (Wildman–Crippen MR) is 322 cm³/mol. The number of hydroxylamine groups is 2. The normalized spacial score (nSPS) is 24.9. The molecule has 0 spiro atoms. The molecule has 3 fully saturated rings. The number of aliphatic hydroxyl groups excluding tert-OH is 1. The second kappa shape index (κ2) is 31.3. The van der Waals surface area contributed by atoms with Crippen molar-refractivity contribution < 1.29 is 99.9 Å². The zero-order valence-corrected chi connectivity index (χ0v) is 53.5. The van der Waals surface area contributed by atoms with E-state index < -0.39 is 161 Å². The standard InChI is InChI=1S/C61H81ClF3N9O18/c1-31(2)51(70-45(75)18-11-12-19-49(79)92-74-46(76)22-23-47(74)77)54(81)69-39(16-14-24-67-57(66)84)53(80)68-38-21-20-36(28-37(38)61(63,64)65)55(82)72(7)34(5)56(83)90-44-29-48(78)73(8)40-26-35(27-41(87-9)50(40)62)25-32(3)15-13-17-43(88-10)60(86)30-42(89-58(85)71-60)33(4)52-59(44,6)91-52/h13,15,17,20-21,26-28,31,33-34,39,42-44,51-52,57,67,84,86H,11-12,14,16,18-19,22-25,29-30,66H2,1-10H3,(H,68,80)(H,69,81)(H,70,75)(H,71,85)/b17-13+,32-15+/t33-,34+,39+,42+,43-,44+,51+,52+,57?,59+,60+/m1/s1. The van der Waals surface area contributed by atoms with Crippen LogP contribution in [0.2, 0.25) is 5.02 Å². The number of unbranched alkanes of at least 4 members (excludes halogenated alkanes) is 1. The van der Waals surface area contributed by atoms with Crippen molar-refractivity contribution in [2.45, 2.75) is 179 Å². The highest BCUT2D eigenvalue weighted by Crippen LogP contribution is 2.49. The van der Waals surface area contributed by atoms with Crippen molar-refractivity contribution in [2.24, 2.45) is 17.6 Å². The number of ether oxygens (including phenoxy) is 5. The average molecular weight is 1320 g/mol. The highest BCUT2D eigenvalue weighted by atomic mass is 35.5. The van der Waals surface area contributed by atoms with Gasteiger partial charge in [0.15, 0.2) is 12.1 Å². The number of alkyl halides is 3. The minimum absolute atomic E-state index is 0.0197. The van der Waals surface area contributed by atoms with Gasteiger partial charge in [-0.05, 0) is 101 Å². The van der Waals surface area contributed by atoms with Crippen molar-refractivity contribution in [1.29, 1.82) is 0 Å². The maximum absolute atomic E-state index is 15.1. The number of nitrogens with two attached hydrogens (primary N) is 1. The number of carbonyl (C=O) groups excluding carboxylic acids is 10. The van der Waals surface area contributed by atoms with E-state index in [0.29, 0.717) is 23.1 Å². The number of amides is 8. The van der Waals surface area contributed by atoms with Crippen molar-refractivity contribution in [3.05, 3.63) is 75.8 Å². The lowest BCUT2D eigenvalue weighted by Gasteiger charge is -2.42. The van der Waals surface area contributed by atoms with E-state index in [1.807, 2.05) is 6.92 Å². The minimum atomic E-state index is -5.24. The second-order valence-corrected chi connectivity index (χ2v) is 24.1. The van der Waals surface area contributed by atoms with Gasteiger partial charge in [0, 0.05) is 64.8 Å². The number of benzene rings is 2. The van der Waals surface area contributed by atoms with Crippen LogP contribution in [-0.2, 0) is 74.7 Å². The number of hydrogen-bond acceptors (Lipinski definition) is 20. The van der Waals surface area contributed by atoms with E-state index >= 15 is 13.2 Å². The van der Waals surface area contributed by atoms with Gasteiger partial charge in [0.2, 0.25) is 23.6 Å². The molecule has 6 rings (SSSR count). The molecule has 2 aromatic carbocycles. The van der Waals surface area contributed by atoms with Crippen LogP contribution in [0.3, 0.4) is 0 Å². The lowest BCUT2D eigenvalue weighted by Crippen LogP contribution is -2.63. The Kier molecular flexibility index (Phi) is 24.9. The number of likely N-dealkylation sites (N-methyl/N-ethyl adjacent to an activating group) is 1. The van der Waals surface area contributed by atoms with Gasteiger partial charge in [0.05, 0.1) is 36.6 Å². The molecule has 1 unspecified atom stereocenters. The summed E-state index contributed by atoms with van der Waals surface area (Å²) < 4.78 is 74.5. The molecule has 11 atom stereocenters. The number of imide groups is 1. The lowest BCUT2D eigenvalue weighted by atomic mass is 9.83. The summed E-state index contributed by atoms with van der Waals surface area (Å²) in [4.78, 5) is 140. The lowest BCUT2D eigenvalue weighted by molar-refractivity contribution is -0.197. The molecule has 3 saturated heterocycles. The van der Waals surface area contributed by atoms with Crippen molar-refractivity contribution >= 4 is 82.4 Å². The quantitative estimate of drug-likeness (QED) is 0.0254. The van der Waals surface area contributed by atoms with Crippen LogP contribution in [0, 0.1) is 11.8 Å². The molecule has 31 heteroatoms. The van der Waals surface area contributed by atoms with E-state index in [4.69, 9.17) is 45.9 Å². The Morgan fingerprint density at radius 3 is 2.27 bits per heavy atom. The average Bonchev–Trinajstić information content (AvgIpc) is 1.56. The van der Waals surface area contributed by atoms with Gasteiger partial charge < -0.3 is 64.5 Å². The fourth-order valence-corrected chi connectivity index (χ4v) is 11.2. The molecule has 0 aromatic heterocycles. The molecule has 4 heterocycles. The highest BCUT2D eigenvalue weighted by Gasteiger charge is 2.64. The smallest absolute Gasteiger partial charge is 0.418 e. The van der Waals surface area contributed by atoms with Crippen LogP contribution in [0.4, 0.5) is 29.3 Å². The van der Waals surface area contributed by atoms with Crippen molar-refractivity contribution in [2.75, 3.05) is 45.1 Å². The number of methoxy groups -OCH3 is 2. The summed E-state index contributed by atoms with van der Waals surface area (Å²) in [5.74, 6) is -8.87. The predicted octanol–water partition coefficient (Wildman–Crippen LogP) is 4.18. The van der Waals surface area contributed by atoms with Crippen molar-refractivity contribution in [3.8, 4) is 5.75 Å². The number of fused-ring (bicyclic) bond motifs is 5. The number of nitrogens with one attached hydrogen (secondary N) is 5. The summed E-state index contributed by atoms with van der Waals surface area (Å²) in [6.45, 7) is 9.43. The van der Waals surface area contributed by atoms with E-state index in [0.717, 1.165) is 29.7 Å². The summed E-state index contributed by atoms with van der Waals surface area (Å²) in [6, 6.07) is 1.17. The third-order valence-corrected chi connectivity index (χ3v) is 16.8. The Morgan fingerprint density at radius 2 is 1.64 bits per heavy atom. The van der Waals surface area contributed by atoms with Gasteiger partial charge in [-0.15, -0.1) is 5.06 Å². The van der Waals surface area contributed by atoms with Crippen LogP contribution in [0.5, 0.6) is 5.75 Å². The highest BCUT2D eigenvalue weighted by molar-refractivity contribution is 6.35. The molecule has 9 N–H and O–H groups in total. The van der Waals surface area contributed by atoms with Crippen LogP contribution in [0.15, 0.2) is 54.1 Å². The Morgan fingerprint density at radius 1 is 0.967 bits per heavy atom. The zero-order valence-electron chi connectivity index (χ0n) is 52.7. The third kappa shape index (κ3) is 18.5. The van der Waals surface area contributed by atoms with E-state index in [-0.39, 0.29) is 80.8 Å². The van der Waals surface area contributed by atoms with E-state index in [2.05, 4.69) is 26.6 Å². The Bertz CT molecular complexity index is 3170. The number of alkyl carbamates (subject to hydrolysis) is 1. The van der Waals surface area contributed by atoms with Gasteiger partial charge in [-0.25, -0.2) is 14.4 Å². The van der Waals surface area contributed by atoms with Crippen LogP contribution < -0.4 is 42.0 Å². The summed E-state index contributed by atoms with van der Waals surface area (Å²) in [6.07, 6.45) is -8.26. The topological polar surface area (TPSA) is 366 Å². The molecule has 0 radical (unpaired) electrons. The first kappa shape index (κ1) is 73.3. The number of allylic oxidation sites excluding steroid dienone is 3. The molecule has 0 saturated carbocycles. The van der Waals surface area contributed by atoms with Gasteiger partial charge in [0.25, 0.3) is 17.7 Å². The van der Waals surface area contributed by atoms with Gasteiger partial charge in [-0.1, -0.05) is 56.2 Å². The van der Waals surface area contributed by atoms with Crippen LogP contribution >= 0.6 is 11.6 Å². The number of halogens is 4. The van der Waals surface area contributed by atoms with Crippen LogP contribution in [0.25, 0.3) is 0 Å². The largest absolute Gasteiger partial charge is 0.495 e. The third-order valence-electron chi connectivity index (χ3n) is 16.4. The molecule has 8 amide bonds. The molecule has 92 heavy (non-hydrogen) atoms. The summed E-state index contributed by atoms with van der Waals surface area (Å²) >= 11 is 6.82. The van der Waals surface area contributed by atoms with Gasteiger partial charge in [-0.3, -0.25) is 49.9 Å². The number of hydrogen-bond donors (Lipinski definition) is 8.